The van der Waals surface area contributed by atoms with Gasteiger partial charge in [-0.25, -0.2) is 8.78 Å². The summed E-state index contributed by atoms with van der Waals surface area (Å²) in [6.07, 6.45) is 2.58. The van der Waals surface area contributed by atoms with Crippen LogP contribution in [0.1, 0.15) is 32.3 Å². The Morgan fingerprint density at radius 3 is 2.76 bits per heavy atom. The molecule has 0 bridgehead atoms. The first-order valence-electron chi connectivity index (χ1n) is 6.28. The first kappa shape index (κ1) is 14.1. The van der Waals surface area contributed by atoms with E-state index >= 15 is 0 Å². The van der Waals surface area contributed by atoms with Gasteiger partial charge >= 0.3 is 0 Å². The molecule has 0 amide bonds. The van der Waals surface area contributed by atoms with E-state index in [0.29, 0.717) is 17.9 Å². The summed E-state index contributed by atoms with van der Waals surface area (Å²) in [5, 5.41) is 3.33. The van der Waals surface area contributed by atoms with Gasteiger partial charge in [0.2, 0.25) is 0 Å². The molecule has 1 nitrogen and oxygen atoms in total. The van der Waals surface area contributed by atoms with Crippen molar-refractivity contribution in [2.75, 3.05) is 13.1 Å². The van der Waals surface area contributed by atoms with E-state index in [1.807, 2.05) is 0 Å². The van der Waals surface area contributed by atoms with Gasteiger partial charge in [0.05, 0.1) is 0 Å². The highest BCUT2D eigenvalue weighted by atomic mass is 19.2. The number of halogens is 2. The van der Waals surface area contributed by atoms with Crippen molar-refractivity contribution in [1.29, 1.82) is 0 Å². The van der Waals surface area contributed by atoms with Crippen LogP contribution in [0.15, 0.2) is 18.2 Å². The Bertz CT molecular complexity index is 339. The van der Waals surface area contributed by atoms with Crippen molar-refractivity contribution >= 4 is 0 Å². The molecule has 1 N–H and O–H groups in total. The summed E-state index contributed by atoms with van der Waals surface area (Å²) in [5.41, 5.74) is 0.479. The zero-order valence-electron chi connectivity index (χ0n) is 10.6. The van der Waals surface area contributed by atoms with Gasteiger partial charge in [-0.3, -0.25) is 0 Å². The van der Waals surface area contributed by atoms with Gasteiger partial charge in [-0.05, 0) is 49.9 Å². The molecule has 1 aromatic carbocycles. The number of aryl methyl sites for hydroxylation is 1. The number of benzene rings is 1. The van der Waals surface area contributed by atoms with Crippen LogP contribution >= 0.6 is 0 Å². The Labute approximate surface area is 102 Å². The number of hydrogen-bond donors (Lipinski definition) is 1. The molecule has 3 heteroatoms. The van der Waals surface area contributed by atoms with Crippen LogP contribution in [-0.4, -0.2) is 13.1 Å². The largest absolute Gasteiger partial charge is 0.316 e. The zero-order chi connectivity index (χ0) is 12.7. The fraction of sp³-hybridized carbons (Fsp3) is 0.571. The highest BCUT2D eigenvalue weighted by molar-refractivity contribution is 5.18. The minimum absolute atomic E-state index is 0.476. The van der Waals surface area contributed by atoms with E-state index < -0.39 is 11.6 Å². The molecule has 0 aromatic heterocycles. The van der Waals surface area contributed by atoms with Gasteiger partial charge in [0.15, 0.2) is 11.6 Å². The molecular formula is C14H21F2N. The maximum absolute atomic E-state index is 13.4. The predicted octanol–water partition coefficient (Wildman–Crippen LogP) is 3.53. The van der Waals surface area contributed by atoms with E-state index in [1.165, 1.54) is 0 Å². The molecule has 1 rings (SSSR count). The molecule has 0 spiro atoms. The lowest BCUT2D eigenvalue weighted by molar-refractivity contribution is 0.464. The monoisotopic (exact) mass is 241 g/mol. The molecule has 0 aliphatic rings. The van der Waals surface area contributed by atoms with Gasteiger partial charge in [0.1, 0.15) is 0 Å². The summed E-state index contributed by atoms with van der Waals surface area (Å²) in [6.45, 7) is 6.20. The lowest BCUT2D eigenvalue weighted by Crippen LogP contribution is -2.22. The standard InChI is InChI=1S/C14H21F2N/c1-3-9-17-10-11(2)7-8-12-5-4-6-13(15)14(12)16/h4-6,11,17H,3,7-10H2,1-2H3. The smallest absolute Gasteiger partial charge is 0.162 e. The second-order valence-corrected chi connectivity index (χ2v) is 4.56. The quantitative estimate of drug-likeness (QED) is 0.720. The van der Waals surface area contributed by atoms with Crippen LogP contribution in [0.3, 0.4) is 0 Å². The Morgan fingerprint density at radius 1 is 1.29 bits per heavy atom. The fourth-order valence-electron chi connectivity index (χ4n) is 1.77. The van der Waals surface area contributed by atoms with Gasteiger partial charge in [-0.2, -0.15) is 0 Å². The van der Waals surface area contributed by atoms with Crippen molar-refractivity contribution in [2.24, 2.45) is 5.92 Å². The molecule has 0 saturated carbocycles. The van der Waals surface area contributed by atoms with E-state index in [0.717, 1.165) is 32.0 Å². The normalized spacial score (nSPS) is 12.7. The Kier molecular flexibility index (Phi) is 6.12. The van der Waals surface area contributed by atoms with Gasteiger partial charge in [-0.1, -0.05) is 26.0 Å². The summed E-state index contributed by atoms with van der Waals surface area (Å²) < 4.78 is 26.3. The van der Waals surface area contributed by atoms with Gasteiger partial charge in [0.25, 0.3) is 0 Å². The third-order valence-corrected chi connectivity index (χ3v) is 2.86. The van der Waals surface area contributed by atoms with Crippen molar-refractivity contribution in [3.63, 3.8) is 0 Å². The summed E-state index contributed by atoms with van der Waals surface area (Å²) in [6, 6.07) is 4.38. The van der Waals surface area contributed by atoms with E-state index in [4.69, 9.17) is 0 Å². The van der Waals surface area contributed by atoms with Gasteiger partial charge in [0, 0.05) is 0 Å². The fourth-order valence-corrected chi connectivity index (χ4v) is 1.77. The molecule has 0 heterocycles. The van der Waals surface area contributed by atoms with Crippen molar-refractivity contribution in [2.45, 2.75) is 33.1 Å². The topological polar surface area (TPSA) is 12.0 Å². The molecule has 0 aliphatic carbocycles. The summed E-state index contributed by atoms with van der Waals surface area (Å²) >= 11 is 0. The molecule has 0 radical (unpaired) electrons. The van der Waals surface area contributed by atoms with Gasteiger partial charge < -0.3 is 5.32 Å². The van der Waals surface area contributed by atoms with Crippen LogP contribution in [0, 0.1) is 17.6 Å². The average molecular weight is 241 g/mol. The highest BCUT2D eigenvalue weighted by Gasteiger charge is 2.09. The molecule has 1 aromatic rings. The molecule has 1 unspecified atom stereocenters. The molecule has 0 aliphatic heterocycles. The van der Waals surface area contributed by atoms with E-state index in [1.54, 1.807) is 12.1 Å². The second kappa shape index (κ2) is 7.38. The number of rotatable bonds is 7. The maximum atomic E-state index is 13.4. The van der Waals surface area contributed by atoms with Crippen molar-refractivity contribution in [1.82, 2.24) is 5.32 Å². The molecule has 96 valence electrons. The second-order valence-electron chi connectivity index (χ2n) is 4.56. The lowest BCUT2D eigenvalue weighted by atomic mass is 10.0. The summed E-state index contributed by atoms with van der Waals surface area (Å²) in [4.78, 5) is 0. The average Bonchev–Trinajstić information content (AvgIpc) is 2.31. The predicted molar refractivity (Wildman–Crippen MR) is 67.0 cm³/mol. The minimum atomic E-state index is -0.751. The third kappa shape index (κ3) is 4.82. The van der Waals surface area contributed by atoms with Gasteiger partial charge in [-0.15, -0.1) is 0 Å². The first-order chi connectivity index (χ1) is 8.15. The van der Waals surface area contributed by atoms with Crippen molar-refractivity contribution < 1.29 is 8.78 Å². The lowest BCUT2D eigenvalue weighted by Gasteiger charge is -2.12. The maximum Gasteiger partial charge on any atom is 0.162 e. The van der Waals surface area contributed by atoms with E-state index in [-0.39, 0.29) is 0 Å². The SMILES string of the molecule is CCCNCC(C)CCc1cccc(F)c1F. The van der Waals surface area contributed by atoms with E-state index in [9.17, 15) is 8.78 Å². The number of hydrogen-bond acceptors (Lipinski definition) is 1. The molecular weight excluding hydrogens is 220 g/mol. The Morgan fingerprint density at radius 2 is 2.06 bits per heavy atom. The van der Waals surface area contributed by atoms with E-state index in [2.05, 4.69) is 19.2 Å². The van der Waals surface area contributed by atoms with Crippen LogP contribution in [0.25, 0.3) is 0 Å². The Balaban J connectivity index is 2.37. The summed E-state index contributed by atoms with van der Waals surface area (Å²) in [7, 11) is 0. The van der Waals surface area contributed by atoms with Crippen molar-refractivity contribution in [3.05, 3.63) is 35.4 Å². The highest BCUT2D eigenvalue weighted by Crippen LogP contribution is 2.15. The van der Waals surface area contributed by atoms with Crippen molar-refractivity contribution in [3.8, 4) is 0 Å². The zero-order valence-corrected chi connectivity index (χ0v) is 10.6. The van der Waals surface area contributed by atoms with Crippen LogP contribution in [0.5, 0.6) is 0 Å². The van der Waals surface area contributed by atoms with Crippen LogP contribution in [0.4, 0.5) is 8.78 Å². The van der Waals surface area contributed by atoms with Crippen LogP contribution in [0.2, 0.25) is 0 Å². The Hall–Kier alpha value is -0.960. The first-order valence-corrected chi connectivity index (χ1v) is 6.28. The number of nitrogens with one attached hydrogen (secondary N) is 1. The molecule has 1 atom stereocenters. The molecule has 17 heavy (non-hydrogen) atoms. The summed E-state index contributed by atoms with van der Waals surface area (Å²) in [5.74, 6) is -0.968. The molecule has 0 saturated heterocycles. The van der Waals surface area contributed by atoms with Crippen LogP contribution < -0.4 is 5.32 Å². The van der Waals surface area contributed by atoms with Crippen LogP contribution in [-0.2, 0) is 6.42 Å². The minimum Gasteiger partial charge on any atom is -0.316 e. The third-order valence-electron chi connectivity index (χ3n) is 2.86. The molecule has 0 fully saturated rings.